The zero-order chi connectivity index (χ0) is 14.7. The molecule has 1 aliphatic heterocycles. The smallest absolute Gasteiger partial charge is 0.404 e. The third-order valence-corrected chi connectivity index (χ3v) is 3.38. The zero-order valence-corrected chi connectivity index (χ0v) is 11.7. The normalized spacial score (nSPS) is 16.6. The van der Waals surface area contributed by atoms with Gasteiger partial charge in [-0.2, -0.15) is 0 Å². The number of furan rings is 1. The number of amides is 1. The molecule has 1 aromatic rings. The van der Waals surface area contributed by atoms with Gasteiger partial charge in [-0.25, -0.2) is 0 Å². The first-order valence-corrected chi connectivity index (χ1v) is 6.71. The lowest BCUT2D eigenvalue weighted by molar-refractivity contribution is -0.402. The molecular formula is C13H19N3O4. The van der Waals surface area contributed by atoms with E-state index in [0.717, 1.165) is 13.1 Å². The van der Waals surface area contributed by atoms with Crippen molar-refractivity contribution in [1.82, 2.24) is 9.80 Å². The van der Waals surface area contributed by atoms with Crippen LogP contribution in [0.5, 0.6) is 0 Å². The van der Waals surface area contributed by atoms with E-state index in [1.165, 1.54) is 6.07 Å². The second-order valence-corrected chi connectivity index (χ2v) is 5.25. The third-order valence-electron chi connectivity index (χ3n) is 3.38. The Morgan fingerprint density at radius 1 is 1.35 bits per heavy atom. The minimum absolute atomic E-state index is 0.0225. The topological polar surface area (TPSA) is 79.8 Å². The van der Waals surface area contributed by atoms with E-state index < -0.39 is 4.92 Å². The van der Waals surface area contributed by atoms with Gasteiger partial charge in [-0.3, -0.25) is 19.8 Å². The third kappa shape index (κ3) is 3.36. The van der Waals surface area contributed by atoms with E-state index in [2.05, 4.69) is 4.90 Å². The summed E-state index contributed by atoms with van der Waals surface area (Å²) in [6.45, 7) is 7.24. The van der Waals surface area contributed by atoms with Crippen molar-refractivity contribution in [2.75, 3.05) is 26.2 Å². The number of carbonyl (C=O) groups excluding carboxylic acids is 1. The number of carbonyl (C=O) groups is 1. The van der Waals surface area contributed by atoms with Crippen LogP contribution >= 0.6 is 0 Å². The lowest BCUT2D eigenvalue weighted by Crippen LogP contribution is -2.49. The van der Waals surface area contributed by atoms with Gasteiger partial charge in [0.05, 0.1) is 12.6 Å². The molecule has 1 saturated heterocycles. The lowest BCUT2D eigenvalue weighted by Gasteiger charge is -2.35. The van der Waals surface area contributed by atoms with Crippen LogP contribution < -0.4 is 0 Å². The fraction of sp³-hybridized carbons (Fsp3) is 0.615. The van der Waals surface area contributed by atoms with Crippen LogP contribution in [0.25, 0.3) is 0 Å². The standard InChI is InChI=1S/C13H19N3O4/c1-10(2)13(17)15-7-5-14(6-8-15)9-11-3-4-12(20-11)16(18)19/h3-4,10H,5-9H2,1-2H3. The first-order chi connectivity index (χ1) is 9.47. The SMILES string of the molecule is CC(C)C(=O)N1CCN(Cc2ccc([N+](=O)[O-])o2)CC1. The largest absolute Gasteiger partial charge is 0.433 e. The number of nitro groups is 1. The van der Waals surface area contributed by atoms with Crippen molar-refractivity contribution in [2.24, 2.45) is 5.92 Å². The maximum absolute atomic E-state index is 11.9. The summed E-state index contributed by atoms with van der Waals surface area (Å²) in [5.74, 6) is 0.557. The maximum Gasteiger partial charge on any atom is 0.433 e. The van der Waals surface area contributed by atoms with Gasteiger partial charge in [0.15, 0.2) is 0 Å². The maximum atomic E-state index is 11.9. The Bertz CT molecular complexity index is 490. The fourth-order valence-corrected chi connectivity index (χ4v) is 2.26. The van der Waals surface area contributed by atoms with E-state index in [1.54, 1.807) is 6.07 Å². The number of piperazine rings is 1. The molecule has 2 rings (SSSR count). The van der Waals surface area contributed by atoms with Crippen molar-refractivity contribution in [3.05, 3.63) is 28.0 Å². The predicted octanol–water partition coefficient (Wildman–Crippen LogP) is 1.49. The molecule has 0 aromatic carbocycles. The molecule has 0 unspecified atom stereocenters. The zero-order valence-electron chi connectivity index (χ0n) is 11.7. The highest BCUT2D eigenvalue weighted by atomic mass is 16.6. The summed E-state index contributed by atoms with van der Waals surface area (Å²) in [6.07, 6.45) is 0. The molecule has 1 aliphatic rings. The fourth-order valence-electron chi connectivity index (χ4n) is 2.26. The molecule has 20 heavy (non-hydrogen) atoms. The van der Waals surface area contributed by atoms with Gasteiger partial charge in [0.1, 0.15) is 10.7 Å². The summed E-state index contributed by atoms with van der Waals surface area (Å²) >= 11 is 0. The molecule has 0 radical (unpaired) electrons. The van der Waals surface area contributed by atoms with Crippen molar-refractivity contribution < 1.29 is 14.1 Å². The molecule has 0 saturated carbocycles. The molecule has 1 fully saturated rings. The van der Waals surface area contributed by atoms with Crippen molar-refractivity contribution >= 4 is 11.8 Å². The summed E-state index contributed by atoms with van der Waals surface area (Å²) in [4.78, 5) is 25.9. The second kappa shape index (κ2) is 6.04. The summed E-state index contributed by atoms with van der Waals surface area (Å²) in [7, 11) is 0. The first-order valence-electron chi connectivity index (χ1n) is 6.71. The van der Waals surface area contributed by atoms with Gasteiger partial charge in [0, 0.05) is 32.1 Å². The summed E-state index contributed by atoms with van der Waals surface area (Å²) in [6, 6.07) is 3.00. The number of nitrogens with zero attached hydrogens (tertiary/aromatic N) is 3. The van der Waals surface area contributed by atoms with Crippen LogP contribution in [0, 0.1) is 16.0 Å². The van der Waals surface area contributed by atoms with Gasteiger partial charge in [-0.05, 0) is 6.07 Å². The molecular weight excluding hydrogens is 262 g/mol. The first kappa shape index (κ1) is 14.5. The van der Waals surface area contributed by atoms with Crippen LogP contribution in [-0.4, -0.2) is 46.8 Å². The summed E-state index contributed by atoms with van der Waals surface area (Å²) in [5, 5.41) is 10.5. The van der Waals surface area contributed by atoms with Crippen molar-refractivity contribution in [3.8, 4) is 0 Å². The molecule has 110 valence electrons. The Morgan fingerprint density at radius 2 is 2.00 bits per heavy atom. The number of rotatable bonds is 4. The number of hydrogen-bond donors (Lipinski definition) is 0. The van der Waals surface area contributed by atoms with E-state index in [9.17, 15) is 14.9 Å². The average molecular weight is 281 g/mol. The van der Waals surface area contributed by atoms with Gasteiger partial charge < -0.3 is 9.32 Å². The second-order valence-electron chi connectivity index (χ2n) is 5.25. The Hall–Kier alpha value is -1.89. The Kier molecular flexibility index (Phi) is 4.39. The van der Waals surface area contributed by atoms with E-state index in [0.29, 0.717) is 25.4 Å². The van der Waals surface area contributed by atoms with Gasteiger partial charge in [-0.15, -0.1) is 0 Å². The van der Waals surface area contributed by atoms with Crippen molar-refractivity contribution in [3.63, 3.8) is 0 Å². The molecule has 0 atom stereocenters. The molecule has 0 aliphatic carbocycles. The minimum Gasteiger partial charge on any atom is -0.404 e. The van der Waals surface area contributed by atoms with Crippen LogP contribution in [0.3, 0.4) is 0 Å². The molecule has 0 N–H and O–H groups in total. The Balaban J connectivity index is 1.85. The molecule has 7 heteroatoms. The van der Waals surface area contributed by atoms with E-state index >= 15 is 0 Å². The van der Waals surface area contributed by atoms with Crippen LogP contribution in [0.4, 0.5) is 5.88 Å². The predicted molar refractivity (Wildman–Crippen MR) is 72.1 cm³/mol. The van der Waals surface area contributed by atoms with Gasteiger partial charge in [-0.1, -0.05) is 13.8 Å². The van der Waals surface area contributed by atoms with Crippen LogP contribution in [-0.2, 0) is 11.3 Å². The highest BCUT2D eigenvalue weighted by Gasteiger charge is 2.23. The molecule has 0 bridgehead atoms. The van der Waals surface area contributed by atoms with E-state index in [-0.39, 0.29) is 17.7 Å². The van der Waals surface area contributed by atoms with Crippen LogP contribution in [0.2, 0.25) is 0 Å². The number of hydrogen-bond acceptors (Lipinski definition) is 5. The van der Waals surface area contributed by atoms with Gasteiger partial charge >= 0.3 is 5.88 Å². The Morgan fingerprint density at radius 3 is 2.50 bits per heavy atom. The monoisotopic (exact) mass is 281 g/mol. The highest BCUT2D eigenvalue weighted by molar-refractivity contribution is 5.78. The molecule has 0 spiro atoms. The van der Waals surface area contributed by atoms with Crippen molar-refractivity contribution in [1.29, 1.82) is 0 Å². The van der Waals surface area contributed by atoms with Gasteiger partial charge in [0.25, 0.3) is 0 Å². The molecule has 1 amide bonds. The highest BCUT2D eigenvalue weighted by Crippen LogP contribution is 2.18. The average Bonchev–Trinajstić information content (AvgIpc) is 2.87. The quantitative estimate of drug-likeness (QED) is 0.617. The van der Waals surface area contributed by atoms with E-state index in [4.69, 9.17) is 4.42 Å². The molecule has 2 heterocycles. The van der Waals surface area contributed by atoms with Crippen molar-refractivity contribution in [2.45, 2.75) is 20.4 Å². The summed E-state index contributed by atoms with van der Waals surface area (Å²) < 4.78 is 5.14. The minimum atomic E-state index is -0.539. The van der Waals surface area contributed by atoms with Crippen LogP contribution in [0.1, 0.15) is 19.6 Å². The van der Waals surface area contributed by atoms with Gasteiger partial charge in [0.2, 0.25) is 5.91 Å². The molecule has 7 nitrogen and oxygen atoms in total. The lowest BCUT2D eigenvalue weighted by atomic mass is 10.1. The Labute approximate surface area is 117 Å². The summed E-state index contributed by atoms with van der Waals surface area (Å²) in [5.41, 5.74) is 0. The van der Waals surface area contributed by atoms with Crippen LogP contribution in [0.15, 0.2) is 16.5 Å². The molecule has 1 aromatic heterocycles. The van der Waals surface area contributed by atoms with E-state index in [1.807, 2.05) is 18.7 Å².